The Bertz CT molecular complexity index is 119. The van der Waals surface area contributed by atoms with Crippen molar-refractivity contribution in [2.75, 3.05) is 0 Å². The maximum absolute atomic E-state index is 3.73. The third-order valence-corrected chi connectivity index (χ3v) is 2.64. The van der Waals surface area contributed by atoms with Gasteiger partial charge in [0.25, 0.3) is 0 Å². The monoisotopic (exact) mass is 199 g/mol. The minimum atomic E-state index is 0.664. The van der Waals surface area contributed by atoms with Crippen LogP contribution >= 0.6 is 0 Å². The van der Waals surface area contributed by atoms with Gasteiger partial charge in [0.05, 0.1) is 0 Å². The van der Waals surface area contributed by atoms with E-state index in [-0.39, 0.29) is 0 Å². The Morgan fingerprint density at radius 2 is 1.29 bits per heavy atom. The van der Waals surface area contributed by atoms with Gasteiger partial charge in [0.1, 0.15) is 0 Å². The van der Waals surface area contributed by atoms with Crippen LogP contribution in [0.15, 0.2) is 0 Å². The topological polar surface area (TPSA) is 12.0 Å². The van der Waals surface area contributed by atoms with Crippen molar-refractivity contribution in [3.05, 3.63) is 0 Å². The molecule has 0 aliphatic heterocycles. The summed E-state index contributed by atoms with van der Waals surface area (Å²) in [5, 5.41) is 3.73. The van der Waals surface area contributed by atoms with Gasteiger partial charge in [0.15, 0.2) is 0 Å². The fourth-order valence-corrected chi connectivity index (χ4v) is 1.89. The van der Waals surface area contributed by atoms with Crippen molar-refractivity contribution in [1.82, 2.24) is 5.32 Å². The molecule has 14 heavy (non-hydrogen) atoms. The van der Waals surface area contributed by atoms with Crippen LogP contribution in [-0.2, 0) is 0 Å². The van der Waals surface area contributed by atoms with E-state index in [0.29, 0.717) is 12.1 Å². The van der Waals surface area contributed by atoms with Crippen LogP contribution in [0.2, 0.25) is 0 Å². The standard InChI is InChI=1S/C13H29N/c1-7-12(6)14-13(8-10(2)3)9-11(4)5/h10-14H,7-9H2,1-6H3. The van der Waals surface area contributed by atoms with E-state index in [9.17, 15) is 0 Å². The van der Waals surface area contributed by atoms with Gasteiger partial charge in [0.2, 0.25) is 0 Å². The van der Waals surface area contributed by atoms with Crippen LogP contribution in [0.5, 0.6) is 0 Å². The predicted molar refractivity (Wildman–Crippen MR) is 65.6 cm³/mol. The molecule has 1 atom stereocenters. The highest BCUT2D eigenvalue weighted by atomic mass is 14.9. The lowest BCUT2D eigenvalue weighted by atomic mass is 9.95. The third kappa shape index (κ3) is 7.37. The summed E-state index contributed by atoms with van der Waals surface area (Å²) in [6.07, 6.45) is 3.84. The van der Waals surface area contributed by atoms with Gasteiger partial charge in [-0.05, 0) is 38.0 Å². The van der Waals surface area contributed by atoms with Crippen molar-refractivity contribution in [2.45, 2.75) is 72.9 Å². The van der Waals surface area contributed by atoms with Gasteiger partial charge < -0.3 is 5.32 Å². The predicted octanol–water partition coefficient (Wildman–Crippen LogP) is 3.84. The molecule has 0 aliphatic rings. The average molecular weight is 199 g/mol. The van der Waals surface area contributed by atoms with Crippen LogP contribution in [0.3, 0.4) is 0 Å². The molecule has 0 aromatic rings. The molecular weight excluding hydrogens is 170 g/mol. The van der Waals surface area contributed by atoms with Crippen LogP contribution in [-0.4, -0.2) is 12.1 Å². The maximum Gasteiger partial charge on any atom is 0.00744 e. The molecule has 1 unspecified atom stereocenters. The molecule has 0 amide bonds. The largest absolute Gasteiger partial charge is 0.311 e. The molecule has 0 spiro atoms. The van der Waals surface area contributed by atoms with Crippen molar-refractivity contribution in [3.8, 4) is 0 Å². The van der Waals surface area contributed by atoms with Gasteiger partial charge in [-0.25, -0.2) is 0 Å². The molecule has 1 N–H and O–H groups in total. The highest BCUT2D eigenvalue weighted by Gasteiger charge is 2.14. The van der Waals surface area contributed by atoms with Gasteiger partial charge in [-0.3, -0.25) is 0 Å². The summed E-state index contributed by atoms with van der Waals surface area (Å²) in [4.78, 5) is 0. The number of rotatable bonds is 7. The smallest absolute Gasteiger partial charge is 0.00744 e. The zero-order valence-electron chi connectivity index (χ0n) is 10.9. The van der Waals surface area contributed by atoms with E-state index >= 15 is 0 Å². The number of nitrogens with one attached hydrogen (secondary N) is 1. The Morgan fingerprint density at radius 1 is 0.857 bits per heavy atom. The van der Waals surface area contributed by atoms with Gasteiger partial charge in [-0.2, -0.15) is 0 Å². The number of hydrogen-bond donors (Lipinski definition) is 1. The Morgan fingerprint density at radius 3 is 1.57 bits per heavy atom. The molecule has 0 aromatic heterocycles. The van der Waals surface area contributed by atoms with Crippen molar-refractivity contribution in [2.24, 2.45) is 11.8 Å². The molecule has 0 heterocycles. The van der Waals surface area contributed by atoms with E-state index in [1.54, 1.807) is 0 Å². The second-order valence-corrected chi connectivity index (χ2v) is 5.43. The summed E-state index contributed by atoms with van der Waals surface area (Å²) >= 11 is 0. The minimum Gasteiger partial charge on any atom is -0.311 e. The van der Waals surface area contributed by atoms with Crippen LogP contribution in [0.4, 0.5) is 0 Å². The van der Waals surface area contributed by atoms with Crippen LogP contribution < -0.4 is 5.32 Å². The second kappa shape index (κ2) is 7.28. The summed E-state index contributed by atoms with van der Waals surface area (Å²) in [6, 6.07) is 1.38. The molecular formula is C13H29N. The molecule has 0 bridgehead atoms. The van der Waals surface area contributed by atoms with Crippen molar-refractivity contribution < 1.29 is 0 Å². The second-order valence-electron chi connectivity index (χ2n) is 5.43. The molecule has 0 fully saturated rings. The van der Waals surface area contributed by atoms with Crippen LogP contribution in [0.1, 0.15) is 60.8 Å². The summed E-state index contributed by atoms with van der Waals surface area (Å²) in [6.45, 7) is 13.8. The van der Waals surface area contributed by atoms with E-state index in [2.05, 4.69) is 46.9 Å². The first-order valence-corrected chi connectivity index (χ1v) is 6.21. The van der Waals surface area contributed by atoms with E-state index < -0.39 is 0 Å². The van der Waals surface area contributed by atoms with E-state index in [0.717, 1.165) is 11.8 Å². The van der Waals surface area contributed by atoms with E-state index in [1.807, 2.05) is 0 Å². The Labute approximate surface area is 90.7 Å². The molecule has 0 rings (SSSR count). The average Bonchev–Trinajstić information content (AvgIpc) is 2.01. The maximum atomic E-state index is 3.73. The fourth-order valence-electron chi connectivity index (χ4n) is 1.89. The van der Waals surface area contributed by atoms with Crippen molar-refractivity contribution in [3.63, 3.8) is 0 Å². The SMILES string of the molecule is CCC(C)NC(CC(C)C)CC(C)C. The summed E-state index contributed by atoms with van der Waals surface area (Å²) in [5.41, 5.74) is 0. The minimum absolute atomic E-state index is 0.664. The van der Waals surface area contributed by atoms with Gasteiger partial charge in [-0.1, -0.05) is 34.6 Å². The zero-order chi connectivity index (χ0) is 11.1. The lowest BCUT2D eigenvalue weighted by molar-refractivity contribution is 0.329. The summed E-state index contributed by atoms with van der Waals surface area (Å²) in [7, 11) is 0. The first kappa shape index (κ1) is 14.0. The Kier molecular flexibility index (Phi) is 7.26. The van der Waals surface area contributed by atoms with Crippen molar-refractivity contribution in [1.29, 1.82) is 0 Å². The van der Waals surface area contributed by atoms with E-state index in [4.69, 9.17) is 0 Å². The van der Waals surface area contributed by atoms with E-state index in [1.165, 1.54) is 19.3 Å². The number of hydrogen-bond acceptors (Lipinski definition) is 1. The first-order valence-electron chi connectivity index (χ1n) is 6.21. The lowest BCUT2D eigenvalue weighted by Crippen LogP contribution is -2.37. The Balaban J connectivity index is 3.96. The summed E-state index contributed by atoms with van der Waals surface area (Å²) < 4.78 is 0. The zero-order valence-corrected chi connectivity index (χ0v) is 10.9. The van der Waals surface area contributed by atoms with Crippen molar-refractivity contribution >= 4 is 0 Å². The molecule has 86 valence electrons. The molecule has 0 saturated heterocycles. The highest BCUT2D eigenvalue weighted by Crippen LogP contribution is 2.14. The molecule has 0 aliphatic carbocycles. The molecule has 0 radical (unpaired) electrons. The van der Waals surface area contributed by atoms with Crippen LogP contribution in [0, 0.1) is 11.8 Å². The molecule has 1 nitrogen and oxygen atoms in total. The third-order valence-electron chi connectivity index (χ3n) is 2.64. The normalized spacial score (nSPS) is 14.4. The lowest BCUT2D eigenvalue weighted by Gasteiger charge is -2.25. The van der Waals surface area contributed by atoms with Gasteiger partial charge >= 0.3 is 0 Å². The van der Waals surface area contributed by atoms with Crippen LogP contribution in [0.25, 0.3) is 0 Å². The molecule has 0 saturated carbocycles. The van der Waals surface area contributed by atoms with Gasteiger partial charge in [-0.15, -0.1) is 0 Å². The quantitative estimate of drug-likeness (QED) is 0.657. The highest BCUT2D eigenvalue weighted by molar-refractivity contribution is 4.73. The Hall–Kier alpha value is -0.0400. The fraction of sp³-hybridized carbons (Fsp3) is 1.00. The van der Waals surface area contributed by atoms with Gasteiger partial charge in [0, 0.05) is 12.1 Å². The molecule has 1 heteroatoms. The molecule has 0 aromatic carbocycles. The summed E-state index contributed by atoms with van der Waals surface area (Å²) in [5.74, 6) is 1.60. The first-order chi connectivity index (χ1) is 6.45.